The van der Waals surface area contributed by atoms with Gasteiger partial charge in [-0.2, -0.15) is 0 Å². The standard InChI is InChI=1S/C15H14N2S/c1-16-9-11-7-15(18-10-11)13-5-4-12-3-2-6-17-14(12)8-13/h2-8,10,16H,9H2,1H3. The Bertz CT molecular complexity index is 673. The van der Waals surface area contributed by atoms with Crippen LogP contribution in [0.25, 0.3) is 21.3 Å². The minimum atomic E-state index is 0.919. The van der Waals surface area contributed by atoms with Gasteiger partial charge in [-0.1, -0.05) is 18.2 Å². The van der Waals surface area contributed by atoms with Crippen molar-refractivity contribution >= 4 is 22.2 Å². The Hall–Kier alpha value is -1.71. The quantitative estimate of drug-likeness (QED) is 0.771. The zero-order valence-corrected chi connectivity index (χ0v) is 11.0. The molecular formula is C15H14N2S. The van der Waals surface area contributed by atoms with Crippen molar-refractivity contribution < 1.29 is 0 Å². The molecule has 18 heavy (non-hydrogen) atoms. The molecule has 0 radical (unpaired) electrons. The molecule has 1 N–H and O–H groups in total. The summed E-state index contributed by atoms with van der Waals surface area (Å²) in [6.07, 6.45) is 1.84. The molecule has 0 atom stereocenters. The molecule has 0 unspecified atom stereocenters. The number of aromatic nitrogens is 1. The molecule has 2 nitrogen and oxygen atoms in total. The van der Waals surface area contributed by atoms with Crippen LogP contribution in [-0.4, -0.2) is 12.0 Å². The average molecular weight is 254 g/mol. The molecule has 3 rings (SSSR count). The molecule has 0 aliphatic rings. The normalized spacial score (nSPS) is 10.9. The molecular weight excluding hydrogens is 240 g/mol. The lowest BCUT2D eigenvalue weighted by Gasteiger charge is -2.00. The van der Waals surface area contributed by atoms with Gasteiger partial charge in [0, 0.05) is 23.0 Å². The van der Waals surface area contributed by atoms with Crippen molar-refractivity contribution in [1.29, 1.82) is 0 Å². The fraction of sp³-hybridized carbons (Fsp3) is 0.133. The molecule has 0 aliphatic heterocycles. The van der Waals surface area contributed by atoms with E-state index >= 15 is 0 Å². The zero-order valence-electron chi connectivity index (χ0n) is 10.2. The van der Waals surface area contributed by atoms with Gasteiger partial charge in [-0.25, -0.2) is 0 Å². The SMILES string of the molecule is CNCc1csc(-c2ccc3cccnc3c2)c1. The zero-order chi connectivity index (χ0) is 12.4. The van der Waals surface area contributed by atoms with E-state index in [1.165, 1.54) is 21.4 Å². The fourth-order valence-corrected chi connectivity index (χ4v) is 2.96. The van der Waals surface area contributed by atoms with E-state index in [9.17, 15) is 0 Å². The summed E-state index contributed by atoms with van der Waals surface area (Å²) in [7, 11) is 1.97. The first kappa shape index (κ1) is 11.4. The highest BCUT2D eigenvalue weighted by atomic mass is 32.1. The molecule has 3 heteroatoms. The van der Waals surface area contributed by atoms with Crippen molar-refractivity contribution in [2.75, 3.05) is 7.05 Å². The summed E-state index contributed by atoms with van der Waals surface area (Å²) >= 11 is 1.78. The van der Waals surface area contributed by atoms with E-state index < -0.39 is 0 Å². The van der Waals surface area contributed by atoms with Gasteiger partial charge >= 0.3 is 0 Å². The van der Waals surface area contributed by atoms with Crippen molar-refractivity contribution in [3.8, 4) is 10.4 Å². The number of pyridine rings is 1. The minimum absolute atomic E-state index is 0.919. The number of thiophene rings is 1. The number of nitrogens with zero attached hydrogens (tertiary/aromatic N) is 1. The van der Waals surface area contributed by atoms with Crippen LogP contribution in [-0.2, 0) is 6.54 Å². The van der Waals surface area contributed by atoms with Crippen LogP contribution in [0, 0.1) is 0 Å². The topological polar surface area (TPSA) is 24.9 Å². The van der Waals surface area contributed by atoms with E-state index in [1.807, 2.05) is 19.3 Å². The Morgan fingerprint density at radius 3 is 3.06 bits per heavy atom. The Morgan fingerprint density at radius 2 is 2.17 bits per heavy atom. The van der Waals surface area contributed by atoms with Crippen LogP contribution < -0.4 is 5.32 Å². The van der Waals surface area contributed by atoms with E-state index in [0.29, 0.717) is 0 Å². The maximum absolute atomic E-state index is 4.40. The molecule has 0 aliphatic carbocycles. The van der Waals surface area contributed by atoms with E-state index in [0.717, 1.165) is 12.1 Å². The molecule has 0 spiro atoms. The summed E-state index contributed by atoms with van der Waals surface area (Å²) < 4.78 is 0. The number of hydrogen-bond acceptors (Lipinski definition) is 3. The van der Waals surface area contributed by atoms with E-state index in [2.05, 4.69) is 46.0 Å². The van der Waals surface area contributed by atoms with Gasteiger partial charge < -0.3 is 5.32 Å². The van der Waals surface area contributed by atoms with Crippen molar-refractivity contribution in [3.05, 3.63) is 53.5 Å². The van der Waals surface area contributed by atoms with Gasteiger partial charge in [0.1, 0.15) is 0 Å². The van der Waals surface area contributed by atoms with Gasteiger partial charge in [0.25, 0.3) is 0 Å². The van der Waals surface area contributed by atoms with Crippen molar-refractivity contribution in [1.82, 2.24) is 10.3 Å². The Labute approximate surface area is 110 Å². The van der Waals surface area contributed by atoms with Crippen LogP contribution >= 0.6 is 11.3 Å². The second kappa shape index (κ2) is 4.88. The maximum Gasteiger partial charge on any atom is 0.0708 e. The number of nitrogens with one attached hydrogen (secondary N) is 1. The summed E-state index contributed by atoms with van der Waals surface area (Å²) in [4.78, 5) is 5.70. The van der Waals surface area contributed by atoms with Crippen LogP contribution in [0.3, 0.4) is 0 Å². The van der Waals surface area contributed by atoms with Crippen molar-refractivity contribution in [3.63, 3.8) is 0 Å². The fourth-order valence-electron chi connectivity index (χ4n) is 2.04. The summed E-state index contributed by atoms with van der Waals surface area (Å²) in [5, 5.41) is 6.56. The van der Waals surface area contributed by atoms with E-state index in [-0.39, 0.29) is 0 Å². The first-order chi connectivity index (χ1) is 8.86. The van der Waals surface area contributed by atoms with Crippen molar-refractivity contribution in [2.45, 2.75) is 6.54 Å². The first-order valence-electron chi connectivity index (χ1n) is 5.94. The van der Waals surface area contributed by atoms with Gasteiger partial charge in [0.15, 0.2) is 0 Å². The summed E-state index contributed by atoms with van der Waals surface area (Å²) in [6, 6.07) is 12.8. The monoisotopic (exact) mass is 254 g/mol. The van der Waals surface area contributed by atoms with Crippen LogP contribution in [0.5, 0.6) is 0 Å². The molecule has 0 saturated heterocycles. The predicted octanol–water partition coefficient (Wildman–Crippen LogP) is 3.68. The number of rotatable bonds is 3. The largest absolute Gasteiger partial charge is 0.316 e. The van der Waals surface area contributed by atoms with E-state index in [4.69, 9.17) is 0 Å². The number of hydrogen-bond donors (Lipinski definition) is 1. The number of benzene rings is 1. The predicted molar refractivity (Wildman–Crippen MR) is 77.8 cm³/mol. The third kappa shape index (κ3) is 2.15. The second-order valence-electron chi connectivity index (χ2n) is 4.26. The van der Waals surface area contributed by atoms with Crippen LogP contribution in [0.15, 0.2) is 48.0 Å². The molecule has 0 saturated carbocycles. The van der Waals surface area contributed by atoms with Crippen LogP contribution in [0.4, 0.5) is 0 Å². The minimum Gasteiger partial charge on any atom is -0.316 e. The lowest BCUT2D eigenvalue weighted by atomic mass is 10.1. The van der Waals surface area contributed by atoms with Gasteiger partial charge in [-0.3, -0.25) is 4.98 Å². The second-order valence-corrected chi connectivity index (χ2v) is 5.17. The molecule has 2 heterocycles. The third-order valence-corrected chi connectivity index (χ3v) is 3.95. The maximum atomic E-state index is 4.40. The van der Waals surface area contributed by atoms with Gasteiger partial charge in [-0.05, 0) is 41.8 Å². The molecule has 0 bridgehead atoms. The van der Waals surface area contributed by atoms with E-state index in [1.54, 1.807) is 11.3 Å². The Morgan fingerprint density at radius 1 is 1.22 bits per heavy atom. The lowest BCUT2D eigenvalue weighted by molar-refractivity contribution is 0.821. The summed E-state index contributed by atoms with van der Waals surface area (Å²) in [5.74, 6) is 0. The Kier molecular flexibility index (Phi) is 3.09. The highest BCUT2D eigenvalue weighted by Gasteiger charge is 2.03. The first-order valence-corrected chi connectivity index (χ1v) is 6.82. The summed E-state index contributed by atoms with van der Waals surface area (Å²) in [6.45, 7) is 0.919. The third-order valence-electron chi connectivity index (χ3n) is 2.93. The molecule has 2 aromatic heterocycles. The average Bonchev–Trinajstić information content (AvgIpc) is 2.87. The molecule has 3 aromatic rings. The molecule has 1 aromatic carbocycles. The molecule has 0 fully saturated rings. The van der Waals surface area contributed by atoms with Gasteiger partial charge in [-0.15, -0.1) is 11.3 Å². The smallest absolute Gasteiger partial charge is 0.0708 e. The van der Waals surface area contributed by atoms with Gasteiger partial charge in [0.2, 0.25) is 0 Å². The highest BCUT2D eigenvalue weighted by molar-refractivity contribution is 7.13. The summed E-state index contributed by atoms with van der Waals surface area (Å²) in [5.41, 5.74) is 3.63. The van der Waals surface area contributed by atoms with Crippen molar-refractivity contribution in [2.24, 2.45) is 0 Å². The Balaban J connectivity index is 2.02. The van der Waals surface area contributed by atoms with Gasteiger partial charge in [0.05, 0.1) is 5.52 Å². The van der Waals surface area contributed by atoms with Crippen LogP contribution in [0.2, 0.25) is 0 Å². The van der Waals surface area contributed by atoms with Crippen LogP contribution in [0.1, 0.15) is 5.56 Å². The molecule has 90 valence electrons. The highest BCUT2D eigenvalue weighted by Crippen LogP contribution is 2.29. The molecule has 0 amide bonds. The number of fused-ring (bicyclic) bond motifs is 1. The lowest BCUT2D eigenvalue weighted by Crippen LogP contribution is -2.03.